The summed E-state index contributed by atoms with van der Waals surface area (Å²) in [6, 6.07) is 9.92. The van der Waals surface area contributed by atoms with Crippen molar-refractivity contribution >= 4 is 15.9 Å². The van der Waals surface area contributed by atoms with Crippen molar-refractivity contribution in [2.75, 3.05) is 40.3 Å². The maximum Gasteiger partial charge on any atom is 0.0593 e. The average molecular weight is 368 g/mol. The van der Waals surface area contributed by atoms with Gasteiger partial charge in [0.15, 0.2) is 0 Å². The zero-order valence-corrected chi connectivity index (χ0v) is 15.0. The first-order valence-electron chi connectivity index (χ1n) is 8.11. The first-order valence-corrected chi connectivity index (χ1v) is 8.90. The Balaban J connectivity index is 1.74. The van der Waals surface area contributed by atoms with E-state index in [9.17, 15) is 5.11 Å². The fourth-order valence-corrected chi connectivity index (χ4v) is 4.24. The van der Waals surface area contributed by atoms with Crippen LogP contribution >= 0.6 is 15.9 Å². The van der Waals surface area contributed by atoms with Crippen molar-refractivity contribution in [3.63, 3.8) is 0 Å². The molecule has 2 N–H and O–H groups in total. The second kappa shape index (κ2) is 6.97. The maximum absolute atomic E-state index is 9.87. The van der Waals surface area contributed by atoms with Crippen molar-refractivity contribution in [1.29, 1.82) is 0 Å². The topological polar surface area (TPSA) is 38.7 Å². The van der Waals surface area contributed by atoms with Crippen LogP contribution in [0.4, 0.5) is 0 Å². The van der Waals surface area contributed by atoms with Crippen LogP contribution in [0.3, 0.4) is 0 Å². The van der Waals surface area contributed by atoms with Gasteiger partial charge in [-0.1, -0.05) is 28.1 Å². The SMILES string of the molecule is CN(C)[C@H]1CCN2[C@H](CO)[C@H](c3ccc(Br)cc3)[C@@H]2CNC1. The van der Waals surface area contributed by atoms with E-state index in [1.165, 1.54) is 5.56 Å². The Labute approximate surface area is 141 Å². The van der Waals surface area contributed by atoms with Gasteiger partial charge in [0.25, 0.3) is 0 Å². The number of hydrogen-bond donors (Lipinski definition) is 2. The fraction of sp³-hybridized carbons (Fsp3) is 0.647. The molecule has 0 aliphatic carbocycles. The molecular formula is C17H26BrN3O. The largest absolute Gasteiger partial charge is 0.395 e. The van der Waals surface area contributed by atoms with E-state index < -0.39 is 0 Å². The molecule has 0 spiro atoms. The molecule has 2 heterocycles. The first kappa shape index (κ1) is 16.4. The van der Waals surface area contributed by atoms with Gasteiger partial charge in [0.2, 0.25) is 0 Å². The van der Waals surface area contributed by atoms with Crippen LogP contribution in [-0.4, -0.2) is 73.4 Å². The van der Waals surface area contributed by atoms with Gasteiger partial charge in [-0.15, -0.1) is 0 Å². The smallest absolute Gasteiger partial charge is 0.0593 e. The molecule has 2 aliphatic heterocycles. The molecule has 2 fully saturated rings. The standard InChI is InChI=1S/C17H26BrN3O/c1-20(2)14-7-8-21-15(10-19-9-14)17(16(21)11-22)12-3-5-13(18)6-4-12/h3-6,14-17,19,22H,7-11H2,1-2H3/t14-,15-,16+,17+/m0/s1. The molecule has 0 saturated carbocycles. The molecule has 5 heteroatoms. The molecule has 0 unspecified atom stereocenters. The Kier molecular flexibility index (Phi) is 5.20. The minimum Gasteiger partial charge on any atom is -0.395 e. The third-order valence-corrected chi connectivity index (χ3v) is 5.84. The molecule has 2 aliphatic rings. The molecule has 1 aromatic carbocycles. The van der Waals surface area contributed by atoms with E-state index in [-0.39, 0.29) is 12.6 Å². The molecule has 0 aromatic heterocycles. The Morgan fingerprint density at radius 2 is 2.00 bits per heavy atom. The molecule has 0 radical (unpaired) electrons. The molecule has 4 nitrogen and oxygen atoms in total. The number of fused-ring (bicyclic) bond motifs is 1. The summed E-state index contributed by atoms with van der Waals surface area (Å²) < 4.78 is 1.11. The van der Waals surface area contributed by atoms with Crippen LogP contribution in [0, 0.1) is 0 Å². The zero-order chi connectivity index (χ0) is 15.7. The minimum absolute atomic E-state index is 0.240. The van der Waals surface area contributed by atoms with E-state index in [4.69, 9.17) is 0 Å². The summed E-state index contributed by atoms with van der Waals surface area (Å²) in [6.45, 7) is 3.37. The van der Waals surface area contributed by atoms with Crippen LogP contribution in [0.25, 0.3) is 0 Å². The third-order valence-electron chi connectivity index (χ3n) is 5.31. The molecule has 22 heavy (non-hydrogen) atoms. The quantitative estimate of drug-likeness (QED) is 0.848. The second-order valence-electron chi connectivity index (χ2n) is 6.70. The number of aliphatic hydroxyl groups is 1. The monoisotopic (exact) mass is 367 g/mol. The first-order chi connectivity index (χ1) is 10.6. The van der Waals surface area contributed by atoms with Gasteiger partial charge in [-0.3, -0.25) is 4.90 Å². The normalized spacial score (nSPS) is 33.0. The number of nitrogens with zero attached hydrogens (tertiary/aromatic N) is 2. The number of rotatable bonds is 3. The van der Waals surface area contributed by atoms with Crippen molar-refractivity contribution in [2.45, 2.75) is 30.5 Å². The van der Waals surface area contributed by atoms with E-state index in [1.807, 2.05) is 0 Å². The van der Waals surface area contributed by atoms with Crippen molar-refractivity contribution < 1.29 is 5.11 Å². The van der Waals surface area contributed by atoms with Crippen LogP contribution in [-0.2, 0) is 0 Å². The number of halogens is 1. The fourth-order valence-electron chi connectivity index (χ4n) is 3.98. The van der Waals surface area contributed by atoms with Crippen LogP contribution in [0.2, 0.25) is 0 Å². The lowest BCUT2D eigenvalue weighted by Crippen LogP contribution is -2.68. The summed E-state index contributed by atoms with van der Waals surface area (Å²) in [5, 5.41) is 13.5. The van der Waals surface area contributed by atoms with Gasteiger partial charge >= 0.3 is 0 Å². The van der Waals surface area contributed by atoms with Crippen LogP contribution < -0.4 is 5.32 Å². The molecule has 0 bridgehead atoms. The van der Waals surface area contributed by atoms with Crippen molar-refractivity contribution in [3.8, 4) is 0 Å². The molecular weight excluding hydrogens is 342 g/mol. The van der Waals surface area contributed by atoms with E-state index in [0.29, 0.717) is 18.0 Å². The van der Waals surface area contributed by atoms with Gasteiger partial charge in [-0.25, -0.2) is 0 Å². The molecule has 4 atom stereocenters. The van der Waals surface area contributed by atoms with Gasteiger partial charge in [0.05, 0.1) is 6.61 Å². The highest BCUT2D eigenvalue weighted by atomic mass is 79.9. The summed E-state index contributed by atoms with van der Waals surface area (Å²) in [5.74, 6) is 0.432. The van der Waals surface area contributed by atoms with Crippen LogP contribution in [0.15, 0.2) is 28.7 Å². The van der Waals surface area contributed by atoms with Gasteiger partial charge in [0.1, 0.15) is 0 Å². The van der Waals surface area contributed by atoms with Gasteiger partial charge in [0, 0.05) is 48.2 Å². The predicted molar refractivity (Wildman–Crippen MR) is 93.2 cm³/mol. The maximum atomic E-state index is 9.87. The van der Waals surface area contributed by atoms with Crippen molar-refractivity contribution in [1.82, 2.24) is 15.1 Å². The van der Waals surface area contributed by atoms with Gasteiger partial charge in [-0.2, -0.15) is 0 Å². The molecule has 2 saturated heterocycles. The summed E-state index contributed by atoms with van der Waals surface area (Å²) >= 11 is 3.50. The Hall–Kier alpha value is -0.460. The van der Waals surface area contributed by atoms with E-state index in [1.54, 1.807) is 0 Å². The van der Waals surface area contributed by atoms with Crippen molar-refractivity contribution in [3.05, 3.63) is 34.3 Å². The summed E-state index contributed by atoms with van der Waals surface area (Å²) in [7, 11) is 4.30. The third kappa shape index (κ3) is 3.10. The second-order valence-corrected chi connectivity index (χ2v) is 7.61. The predicted octanol–water partition coefficient (Wildman–Crippen LogP) is 1.50. The minimum atomic E-state index is 0.240. The number of likely N-dealkylation sites (N-methyl/N-ethyl adjacent to an activating group) is 1. The highest BCUT2D eigenvalue weighted by Crippen LogP contribution is 2.41. The van der Waals surface area contributed by atoms with Crippen molar-refractivity contribution in [2.24, 2.45) is 0 Å². The lowest BCUT2D eigenvalue weighted by atomic mass is 9.74. The number of aliphatic hydroxyl groups excluding tert-OH is 1. The van der Waals surface area contributed by atoms with Crippen LogP contribution in [0.1, 0.15) is 17.9 Å². The molecule has 3 rings (SSSR count). The number of benzene rings is 1. The summed E-state index contributed by atoms with van der Waals surface area (Å²) in [6.07, 6.45) is 1.15. The van der Waals surface area contributed by atoms with E-state index >= 15 is 0 Å². The summed E-state index contributed by atoms with van der Waals surface area (Å²) in [5.41, 5.74) is 1.34. The van der Waals surface area contributed by atoms with Gasteiger partial charge < -0.3 is 15.3 Å². The van der Waals surface area contributed by atoms with Gasteiger partial charge in [-0.05, 0) is 38.2 Å². The van der Waals surface area contributed by atoms with Crippen LogP contribution in [0.5, 0.6) is 0 Å². The van der Waals surface area contributed by atoms with E-state index in [2.05, 4.69) is 69.4 Å². The highest BCUT2D eigenvalue weighted by Gasteiger charge is 2.48. The highest BCUT2D eigenvalue weighted by molar-refractivity contribution is 9.10. The average Bonchev–Trinajstić information content (AvgIpc) is 2.47. The lowest BCUT2D eigenvalue weighted by Gasteiger charge is -2.56. The lowest BCUT2D eigenvalue weighted by molar-refractivity contribution is -0.0516. The van der Waals surface area contributed by atoms with E-state index in [0.717, 1.165) is 30.5 Å². The number of hydrogen-bond acceptors (Lipinski definition) is 4. The Morgan fingerprint density at radius 3 is 2.64 bits per heavy atom. The number of nitrogens with one attached hydrogen (secondary N) is 1. The molecule has 1 aromatic rings. The zero-order valence-electron chi connectivity index (χ0n) is 13.4. The molecule has 122 valence electrons. The Morgan fingerprint density at radius 1 is 1.27 bits per heavy atom. The Bertz CT molecular complexity index is 493. The summed E-state index contributed by atoms with van der Waals surface area (Å²) in [4.78, 5) is 4.79. The molecule has 0 amide bonds.